The van der Waals surface area contributed by atoms with Crippen LogP contribution in [-0.2, 0) is 0 Å². The molecule has 1 atom stereocenters. The minimum Gasteiger partial charge on any atom is -0.271 e. The van der Waals surface area contributed by atoms with E-state index in [1.807, 2.05) is 13.8 Å². The molecule has 2 aromatic rings. The van der Waals surface area contributed by atoms with E-state index in [9.17, 15) is 4.39 Å². The molecule has 0 saturated heterocycles. The standard InChI is InChI=1S/C16H18ClFN2/c1-9-6-11(3)13(7-10(9)2)16(20-19)12-4-5-14(17)15(18)8-12/h4-8,16,20H,19H2,1-3H3. The zero-order valence-corrected chi connectivity index (χ0v) is 12.6. The highest BCUT2D eigenvalue weighted by atomic mass is 35.5. The van der Waals surface area contributed by atoms with Crippen LogP contribution >= 0.6 is 11.6 Å². The maximum atomic E-state index is 13.6. The fourth-order valence-corrected chi connectivity index (χ4v) is 2.47. The van der Waals surface area contributed by atoms with Gasteiger partial charge in [0.1, 0.15) is 5.82 Å². The molecule has 0 aliphatic heterocycles. The molecule has 2 aromatic carbocycles. The highest BCUT2D eigenvalue weighted by Crippen LogP contribution is 2.28. The van der Waals surface area contributed by atoms with Gasteiger partial charge in [0, 0.05) is 0 Å². The first-order valence-corrected chi connectivity index (χ1v) is 6.80. The molecule has 0 saturated carbocycles. The van der Waals surface area contributed by atoms with Crippen LogP contribution in [0.25, 0.3) is 0 Å². The number of hydrogen-bond acceptors (Lipinski definition) is 2. The van der Waals surface area contributed by atoms with E-state index in [1.54, 1.807) is 12.1 Å². The Hall–Kier alpha value is -1.42. The van der Waals surface area contributed by atoms with Gasteiger partial charge in [0.25, 0.3) is 0 Å². The highest BCUT2D eigenvalue weighted by molar-refractivity contribution is 6.30. The highest BCUT2D eigenvalue weighted by Gasteiger charge is 2.17. The number of rotatable bonds is 3. The van der Waals surface area contributed by atoms with E-state index in [-0.39, 0.29) is 11.1 Å². The summed E-state index contributed by atoms with van der Waals surface area (Å²) < 4.78 is 13.6. The maximum Gasteiger partial charge on any atom is 0.142 e. The van der Waals surface area contributed by atoms with Crippen molar-refractivity contribution in [1.82, 2.24) is 5.43 Å². The van der Waals surface area contributed by atoms with Gasteiger partial charge in [0.2, 0.25) is 0 Å². The van der Waals surface area contributed by atoms with Gasteiger partial charge >= 0.3 is 0 Å². The Morgan fingerprint density at radius 2 is 1.70 bits per heavy atom. The third-order valence-corrected chi connectivity index (χ3v) is 3.94. The monoisotopic (exact) mass is 292 g/mol. The van der Waals surface area contributed by atoms with Gasteiger partial charge in [-0.05, 0) is 60.7 Å². The van der Waals surface area contributed by atoms with Crippen LogP contribution in [0.3, 0.4) is 0 Å². The van der Waals surface area contributed by atoms with Gasteiger partial charge < -0.3 is 0 Å². The average molecular weight is 293 g/mol. The first-order chi connectivity index (χ1) is 9.43. The van der Waals surface area contributed by atoms with E-state index in [2.05, 4.69) is 24.5 Å². The topological polar surface area (TPSA) is 38.0 Å². The largest absolute Gasteiger partial charge is 0.271 e. The molecule has 0 aliphatic rings. The molecule has 106 valence electrons. The minimum absolute atomic E-state index is 0.112. The predicted molar refractivity (Wildman–Crippen MR) is 81.2 cm³/mol. The average Bonchev–Trinajstić information content (AvgIpc) is 2.40. The Morgan fingerprint density at radius 3 is 2.30 bits per heavy atom. The van der Waals surface area contributed by atoms with Crippen LogP contribution in [0.1, 0.15) is 33.9 Å². The van der Waals surface area contributed by atoms with Crippen molar-refractivity contribution in [2.24, 2.45) is 5.84 Å². The summed E-state index contributed by atoms with van der Waals surface area (Å²) in [5.41, 5.74) is 8.07. The minimum atomic E-state index is -0.439. The number of aryl methyl sites for hydroxylation is 3. The molecule has 0 spiro atoms. The number of nitrogens with two attached hydrogens (primary N) is 1. The third kappa shape index (κ3) is 2.85. The molecular formula is C16H18ClFN2. The van der Waals surface area contributed by atoms with Gasteiger partial charge in [-0.25, -0.2) is 9.82 Å². The molecule has 0 aromatic heterocycles. The Balaban J connectivity index is 2.52. The second-order valence-corrected chi connectivity index (χ2v) is 5.47. The molecule has 0 fully saturated rings. The summed E-state index contributed by atoms with van der Waals surface area (Å²) in [6, 6.07) is 8.68. The maximum absolute atomic E-state index is 13.6. The van der Waals surface area contributed by atoms with Crippen LogP contribution < -0.4 is 11.3 Å². The summed E-state index contributed by atoms with van der Waals surface area (Å²) in [6.45, 7) is 6.14. The van der Waals surface area contributed by atoms with E-state index in [4.69, 9.17) is 17.4 Å². The Kier molecular flexibility index (Phi) is 4.43. The van der Waals surface area contributed by atoms with Gasteiger partial charge in [-0.2, -0.15) is 0 Å². The zero-order chi connectivity index (χ0) is 14.9. The van der Waals surface area contributed by atoms with Crippen molar-refractivity contribution in [3.63, 3.8) is 0 Å². The van der Waals surface area contributed by atoms with Gasteiger partial charge in [0.15, 0.2) is 0 Å². The summed E-state index contributed by atoms with van der Waals surface area (Å²) in [5, 5.41) is 0.112. The molecule has 20 heavy (non-hydrogen) atoms. The summed E-state index contributed by atoms with van der Waals surface area (Å²) in [7, 11) is 0. The quantitative estimate of drug-likeness (QED) is 0.664. The summed E-state index contributed by atoms with van der Waals surface area (Å²) in [4.78, 5) is 0. The molecule has 0 bridgehead atoms. The Labute approximate surface area is 123 Å². The van der Waals surface area contributed by atoms with Crippen LogP contribution in [0.15, 0.2) is 30.3 Å². The lowest BCUT2D eigenvalue weighted by Gasteiger charge is -2.21. The molecule has 0 aliphatic carbocycles. The molecule has 0 radical (unpaired) electrons. The number of hydrogen-bond donors (Lipinski definition) is 2. The van der Waals surface area contributed by atoms with E-state index in [0.29, 0.717) is 0 Å². The van der Waals surface area contributed by atoms with Crippen LogP contribution in [0, 0.1) is 26.6 Å². The Morgan fingerprint density at radius 1 is 1.05 bits per heavy atom. The van der Waals surface area contributed by atoms with Gasteiger partial charge in [-0.1, -0.05) is 29.8 Å². The molecule has 4 heteroatoms. The lowest BCUT2D eigenvalue weighted by Crippen LogP contribution is -2.29. The van der Waals surface area contributed by atoms with Crippen molar-refractivity contribution >= 4 is 11.6 Å². The molecule has 2 rings (SSSR count). The fourth-order valence-electron chi connectivity index (χ4n) is 2.35. The smallest absolute Gasteiger partial charge is 0.142 e. The van der Waals surface area contributed by atoms with E-state index in [0.717, 1.165) is 16.7 Å². The molecule has 2 nitrogen and oxygen atoms in total. The number of nitrogens with one attached hydrogen (secondary N) is 1. The first-order valence-electron chi connectivity index (χ1n) is 6.43. The van der Waals surface area contributed by atoms with Gasteiger partial charge in [-0.3, -0.25) is 5.84 Å². The van der Waals surface area contributed by atoms with E-state index in [1.165, 1.54) is 17.2 Å². The van der Waals surface area contributed by atoms with Crippen molar-refractivity contribution in [3.05, 3.63) is 69.0 Å². The predicted octanol–water partition coefficient (Wildman–Crippen LogP) is 3.96. The van der Waals surface area contributed by atoms with Crippen LogP contribution in [-0.4, -0.2) is 0 Å². The van der Waals surface area contributed by atoms with Crippen molar-refractivity contribution in [1.29, 1.82) is 0 Å². The van der Waals surface area contributed by atoms with Crippen molar-refractivity contribution in [2.75, 3.05) is 0 Å². The molecule has 1 unspecified atom stereocenters. The molecule has 0 heterocycles. The first kappa shape index (κ1) is 15.0. The molecule has 3 N–H and O–H groups in total. The van der Waals surface area contributed by atoms with Gasteiger partial charge in [-0.15, -0.1) is 0 Å². The normalized spacial score (nSPS) is 12.5. The van der Waals surface area contributed by atoms with Crippen molar-refractivity contribution in [2.45, 2.75) is 26.8 Å². The van der Waals surface area contributed by atoms with Crippen LogP contribution in [0.2, 0.25) is 5.02 Å². The number of benzene rings is 2. The second-order valence-electron chi connectivity index (χ2n) is 5.07. The van der Waals surface area contributed by atoms with E-state index < -0.39 is 5.82 Å². The SMILES string of the molecule is Cc1cc(C)c(C(NN)c2ccc(Cl)c(F)c2)cc1C. The van der Waals surface area contributed by atoms with Crippen molar-refractivity contribution < 1.29 is 4.39 Å². The summed E-state index contributed by atoms with van der Waals surface area (Å²) in [6.07, 6.45) is 0. The van der Waals surface area contributed by atoms with Crippen LogP contribution in [0.5, 0.6) is 0 Å². The Bertz CT molecular complexity index is 641. The van der Waals surface area contributed by atoms with E-state index >= 15 is 0 Å². The lowest BCUT2D eigenvalue weighted by molar-refractivity contribution is 0.604. The van der Waals surface area contributed by atoms with Gasteiger partial charge in [0.05, 0.1) is 11.1 Å². The van der Waals surface area contributed by atoms with Crippen LogP contribution in [0.4, 0.5) is 4.39 Å². The summed E-state index contributed by atoms with van der Waals surface area (Å²) in [5.74, 6) is 5.24. The zero-order valence-electron chi connectivity index (χ0n) is 11.8. The number of halogens is 2. The lowest BCUT2D eigenvalue weighted by atomic mass is 9.92. The third-order valence-electron chi connectivity index (χ3n) is 3.64. The van der Waals surface area contributed by atoms with Crippen molar-refractivity contribution in [3.8, 4) is 0 Å². The molecule has 0 amide bonds. The summed E-state index contributed by atoms with van der Waals surface area (Å²) >= 11 is 5.73. The fraction of sp³-hybridized carbons (Fsp3) is 0.250. The second kappa shape index (κ2) is 5.92. The molecular weight excluding hydrogens is 275 g/mol. The number of hydrazine groups is 1.